The third kappa shape index (κ3) is 6.50. The summed E-state index contributed by atoms with van der Waals surface area (Å²) in [6, 6.07) is 22.5. The van der Waals surface area contributed by atoms with Crippen LogP contribution in [0.5, 0.6) is 0 Å². The lowest BCUT2D eigenvalue weighted by molar-refractivity contribution is -0.114. The van der Waals surface area contributed by atoms with Crippen LogP contribution >= 0.6 is 23.4 Å². The second-order valence-corrected chi connectivity index (χ2v) is 10.4. The number of nitrogens with zero attached hydrogens (tertiary/aromatic N) is 1. The predicted octanol–water partition coefficient (Wildman–Crippen LogP) is 5.35. The van der Waals surface area contributed by atoms with E-state index in [0.717, 1.165) is 27.4 Å². The van der Waals surface area contributed by atoms with E-state index < -0.39 is 15.9 Å². The first-order valence-corrected chi connectivity index (χ1v) is 12.7. The van der Waals surface area contributed by atoms with Gasteiger partial charge in [-0.1, -0.05) is 54.1 Å². The van der Waals surface area contributed by atoms with Gasteiger partial charge in [0.2, 0.25) is 15.9 Å². The predicted molar refractivity (Wildman–Crippen MR) is 129 cm³/mol. The van der Waals surface area contributed by atoms with Crippen molar-refractivity contribution < 1.29 is 13.2 Å². The molecule has 0 unspecified atom stereocenters. The Hall–Kier alpha value is -2.48. The van der Waals surface area contributed by atoms with Crippen molar-refractivity contribution in [1.82, 2.24) is 0 Å². The van der Waals surface area contributed by atoms with E-state index in [0.29, 0.717) is 5.69 Å². The maximum atomic E-state index is 12.6. The molecule has 8 heteroatoms. The summed E-state index contributed by atoms with van der Waals surface area (Å²) in [4.78, 5) is 13.8. The lowest BCUT2D eigenvalue weighted by atomic mass is 10.1. The largest absolute Gasteiger partial charge is 0.324 e. The molecule has 1 amide bonds. The van der Waals surface area contributed by atoms with Crippen LogP contribution in [0.2, 0.25) is 5.02 Å². The molecule has 3 aromatic carbocycles. The molecular formula is C23H23ClN2O3S2. The maximum absolute atomic E-state index is 12.6. The van der Waals surface area contributed by atoms with Gasteiger partial charge in [0.25, 0.3) is 0 Å². The summed E-state index contributed by atoms with van der Waals surface area (Å²) in [5, 5.41) is 3.07. The van der Waals surface area contributed by atoms with Gasteiger partial charge >= 0.3 is 0 Å². The number of aryl methyl sites for hydroxylation is 1. The van der Waals surface area contributed by atoms with Crippen molar-refractivity contribution >= 4 is 50.7 Å². The molecule has 0 atom stereocenters. The van der Waals surface area contributed by atoms with Crippen molar-refractivity contribution in [2.24, 2.45) is 0 Å². The number of carbonyl (C=O) groups is 1. The number of halogens is 1. The molecule has 0 saturated heterocycles. The van der Waals surface area contributed by atoms with E-state index in [2.05, 4.69) is 17.4 Å². The highest BCUT2D eigenvalue weighted by atomic mass is 35.5. The number of anilines is 2. The minimum atomic E-state index is -3.69. The number of hydrogen-bond acceptors (Lipinski definition) is 4. The van der Waals surface area contributed by atoms with Gasteiger partial charge in [0.1, 0.15) is 6.54 Å². The van der Waals surface area contributed by atoms with Gasteiger partial charge in [0.15, 0.2) is 0 Å². The van der Waals surface area contributed by atoms with Gasteiger partial charge in [-0.05, 0) is 48.4 Å². The molecule has 3 rings (SSSR count). The smallest absolute Gasteiger partial charge is 0.245 e. The molecule has 0 fully saturated rings. The highest BCUT2D eigenvalue weighted by molar-refractivity contribution is 7.98. The molecular weight excluding hydrogens is 452 g/mol. The second-order valence-electron chi connectivity index (χ2n) is 7.02. The first kappa shape index (κ1) is 23.2. The van der Waals surface area contributed by atoms with Gasteiger partial charge in [0, 0.05) is 16.3 Å². The minimum absolute atomic E-state index is 0.261. The van der Waals surface area contributed by atoms with E-state index in [1.807, 2.05) is 43.3 Å². The average Bonchev–Trinajstić information content (AvgIpc) is 2.73. The summed E-state index contributed by atoms with van der Waals surface area (Å²) in [6.07, 6.45) is 1.05. The molecule has 0 aliphatic heterocycles. The van der Waals surface area contributed by atoms with Crippen LogP contribution < -0.4 is 9.62 Å². The van der Waals surface area contributed by atoms with E-state index in [-0.39, 0.29) is 17.3 Å². The molecule has 0 bridgehead atoms. The van der Waals surface area contributed by atoms with Gasteiger partial charge in [0.05, 0.1) is 17.0 Å². The number of amides is 1. The molecule has 5 nitrogen and oxygen atoms in total. The Bertz CT molecular complexity index is 1170. The Morgan fingerprint density at radius 2 is 1.71 bits per heavy atom. The van der Waals surface area contributed by atoms with Crippen molar-refractivity contribution in [2.45, 2.75) is 17.6 Å². The van der Waals surface area contributed by atoms with Crippen LogP contribution in [-0.2, 0) is 20.6 Å². The first-order chi connectivity index (χ1) is 14.7. The maximum Gasteiger partial charge on any atom is 0.245 e. The van der Waals surface area contributed by atoms with Crippen molar-refractivity contribution in [2.75, 3.05) is 22.4 Å². The first-order valence-electron chi connectivity index (χ1n) is 9.53. The van der Waals surface area contributed by atoms with E-state index >= 15 is 0 Å². The fourth-order valence-electron chi connectivity index (χ4n) is 2.99. The van der Waals surface area contributed by atoms with Crippen molar-refractivity contribution in [3.05, 3.63) is 88.9 Å². The Labute approximate surface area is 192 Å². The highest BCUT2D eigenvalue weighted by Gasteiger charge is 2.23. The summed E-state index contributed by atoms with van der Waals surface area (Å²) in [5.74, 6) is 0.368. The van der Waals surface area contributed by atoms with Crippen LogP contribution in [0.4, 0.5) is 11.4 Å². The molecule has 0 heterocycles. The number of hydrogen-bond donors (Lipinski definition) is 1. The molecule has 0 aliphatic carbocycles. The van der Waals surface area contributed by atoms with Gasteiger partial charge in [-0.2, -0.15) is 0 Å². The van der Waals surface area contributed by atoms with Crippen molar-refractivity contribution in [1.29, 1.82) is 0 Å². The van der Waals surface area contributed by atoms with E-state index in [1.165, 1.54) is 4.90 Å². The second kappa shape index (κ2) is 10.2. The van der Waals surface area contributed by atoms with Crippen LogP contribution in [0.25, 0.3) is 0 Å². The van der Waals surface area contributed by atoms with Crippen molar-refractivity contribution in [3.63, 3.8) is 0 Å². The summed E-state index contributed by atoms with van der Waals surface area (Å²) in [6.45, 7) is 1.54. The molecule has 0 aromatic heterocycles. The van der Waals surface area contributed by atoms with Crippen LogP contribution in [0, 0.1) is 6.92 Å². The zero-order chi connectivity index (χ0) is 22.4. The Morgan fingerprint density at radius 1 is 1.03 bits per heavy atom. The van der Waals surface area contributed by atoms with E-state index in [1.54, 1.807) is 36.0 Å². The molecule has 1 N–H and O–H groups in total. The van der Waals surface area contributed by atoms with Gasteiger partial charge in [-0.3, -0.25) is 9.10 Å². The normalized spacial score (nSPS) is 11.2. The van der Waals surface area contributed by atoms with Gasteiger partial charge in [-0.15, -0.1) is 11.8 Å². The number of carbonyl (C=O) groups excluding carboxylic acids is 1. The van der Waals surface area contributed by atoms with Gasteiger partial charge < -0.3 is 5.32 Å². The summed E-state index contributed by atoms with van der Waals surface area (Å²) >= 11 is 7.88. The summed E-state index contributed by atoms with van der Waals surface area (Å²) in [5.41, 5.74) is 2.96. The Kier molecular flexibility index (Phi) is 7.64. The zero-order valence-corrected chi connectivity index (χ0v) is 19.6. The molecule has 0 aliphatic rings. The number of thioether (sulfide) groups is 1. The number of sulfonamides is 1. The SMILES string of the molecule is Cc1cc(CSc2ccccc2)ccc1NC(=O)CN(c1ccccc1Cl)S(C)(=O)=O. The van der Waals surface area contributed by atoms with Crippen LogP contribution in [0.15, 0.2) is 77.7 Å². The third-order valence-corrected chi connectivity index (χ3v) is 7.05. The summed E-state index contributed by atoms with van der Waals surface area (Å²) < 4.78 is 25.5. The Balaban J connectivity index is 1.68. The van der Waals surface area contributed by atoms with Gasteiger partial charge in [-0.25, -0.2) is 8.42 Å². The fourth-order valence-corrected chi connectivity index (χ4v) is 5.01. The molecule has 0 saturated carbocycles. The average molecular weight is 475 g/mol. The quantitative estimate of drug-likeness (QED) is 0.447. The highest BCUT2D eigenvalue weighted by Crippen LogP contribution is 2.28. The van der Waals surface area contributed by atoms with Crippen LogP contribution in [-0.4, -0.2) is 27.1 Å². The lowest BCUT2D eigenvalue weighted by Gasteiger charge is -2.23. The monoisotopic (exact) mass is 474 g/mol. The molecule has 3 aromatic rings. The Morgan fingerprint density at radius 3 is 2.35 bits per heavy atom. The number of para-hydroxylation sites is 1. The lowest BCUT2D eigenvalue weighted by Crippen LogP contribution is -2.37. The number of nitrogens with one attached hydrogen (secondary N) is 1. The van der Waals surface area contributed by atoms with Crippen LogP contribution in [0.3, 0.4) is 0 Å². The fraction of sp³-hybridized carbons (Fsp3) is 0.174. The number of rotatable bonds is 8. The molecule has 31 heavy (non-hydrogen) atoms. The standard InChI is InChI=1S/C23H23ClN2O3S2/c1-17-14-18(16-30-19-8-4-3-5-9-19)12-13-21(17)25-23(27)15-26(31(2,28)29)22-11-7-6-10-20(22)24/h3-14H,15-16H2,1-2H3,(H,25,27). The van der Waals surface area contributed by atoms with Crippen molar-refractivity contribution in [3.8, 4) is 0 Å². The van der Waals surface area contributed by atoms with E-state index in [9.17, 15) is 13.2 Å². The number of benzene rings is 3. The summed E-state index contributed by atoms with van der Waals surface area (Å²) in [7, 11) is -3.69. The molecule has 162 valence electrons. The third-order valence-electron chi connectivity index (χ3n) is 4.52. The topological polar surface area (TPSA) is 66.5 Å². The zero-order valence-electron chi connectivity index (χ0n) is 17.2. The molecule has 0 spiro atoms. The van der Waals surface area contributed by atoms with Crippen LogP contribution in [0.1, 0.15) is 11.1 Å². The molecule has 0 radical (unpaired) electrons. The van der Waals surface area contributed by atoms with E-state index in [4.69, 9.17) is 11.6 Å². The minimum Gasteiger partial charge on any atom is -0.324 e.